The fourth-order valence-electron chi connectivity index (χ4n) is 5.96. The van der Waals surface area contributed by atoms with Gasteiger partial charge in [-0.3, -0.25) is 9.59 Å². The van der Waals surface area contributed by atoms with Gasteiger partial charge in [0, 0.05) is 67.1 Å². The fraction of sp³-hybridized carbons (Fsp3) is 0.533. The van der Waals surface area contributed by atoms with Gasteiger partial charge in [0.1, 0.15) is 5.82 Å². The molecule has 1 aromatic heterocycles. The van der Waals surface area contributed by atoms with E-state index in [4.69, 9.17) is 0 Å². The van der Waals surface area contributed by atoms with Crippen molar-refractivity contribution in [3.05, 3.63) is 47.3 Å². The number of dihydropyridines is 1. The number of nitrogens with zero attached hydrogens (tertiary/aromatic N) is 5. The van der Waals surface area contributed by atoms with Gasteiger partial charge in [-0.2, -0.15) is 0 Å². The summed E-state index contributed by atoms with van der Waals surface area (Å²) >= 11 is 0. The number of aryl methyl sites for hydroxylation is 1. The number of rotatable bonds is 8. The minimum Gasteiger partial charge on any atom is -0.369 e. The summed E-state index contributed by atoms with van der Waals surface area (Å²) in [6.45, 7) is 9.05. The number of amides is 2. The molecule has 1 aliphatic heterocycles. The highest BCUT2D eigenvalue weighted by Crippen LogP contribution is 2.35. The monoisotopic (exact) mass is 518 g/mol. The first kappa shape index (κ1) is 27.8. The van der Waals surface area contributed by atoms with E-state index in [2.05, 4.69) is 52.2 Å². The van der Waals surface area contributed by atoms with Crippen molar-refractivity contribution in [1.29, 1.82) is 0 Å². The van der Waals surface area contributed by atoms with Crippen LogP contribution in [0.15, 0.2) is 41.2 Å². The number of hydrogen-bond acceptors (Lipinski definition) is 5. The third kappa shape index (κ3) is 5.75. The summed E-state index contributed by atoms with van der Waals surface area (Å²) in [4.78, 5) is 39.6. The van der Waals surface area contributed by atoms with Crippen molar-refractivity contribution in [3.8, 4) is 11.4 Å². The number of nitrogens with one attached hydrogen (secondary N) is 1. The predicted octanol–water partition coefficient (Wildman–Crippen LogP) is 4.39. The number of carbonyl (C=O) groups is 2. The normalized spacial score (nSPS) is 21.8. The van der Waals surface area contributed by atoms with E-state index in [-0.39, 0.29) is 18.4 Å². The molecule has 0 saturated heterocycles. The van der Waals surface area contributed by atoms with Crippen LogP contribution in [0.2, 0.25) is 0 Å². The molecule has 2 aliphatic rings. The standard InChI is InChI=1S/C30H42N6O2/c1-8-36(24-11-9-23(10-12-24)34(5)6)27-17-22(28-31-13-14-35(28)7)16-25(21(27)4)29(37)32-18-26-19(2)15-20(3)33-30(26)38/h13-17,23-24,26H,8-12,18H2,1-7H3,(H,32,37). The molecule has 38 heavy (non-hydrogen) atoms. The molecule has 8 nitrogen and oxygen atoms in total. The average molecular weight is 519 g/mol. The Labute approximate surface area is 226 Å². The zero-order valence-corrected chi connectivity index (χ0v) is 23.9. The van der Waals surface area contributed by atoms with E-state index >= 15 is 0 Å². The second-order valence-electron chi connectivity index (χ2n) is 11.0. The van der Waals surface area contributed by atoms with E-state index in [1.165, 1.54) is 12.8 Å². The summed E-state index contributed by atoms with van der Waals surface area (Å²) in [5, 5.41) is 3.03. The Morgan fingerprint density at radius 2 is 1.79 bits per heavy atom. The quantitative estimate of drug-likeness (QED) is 0.561. The van der Waals surface area contributed by atoms with Gasteiger partial charge in [-0.05, 0) is 91.2 Å². The van der Waals surface area contributed by atoms with Crippen molar-refractivity contribution >= 4 is 23.2 Å². The van der Waals surface area contributed by atoms with Crippen LogP contribution in [0.25, 0.3) is 11.4 Å². The predicted molar refractivity (Wildman–Crippen MR) is 154 cm³/mol. The van der Waals surface area contributed by atoms with Gasteiger partial charge < -0.3 is 19.7 Å². The molecule has 0 bridgehead atoms. The van der Waals surface area contributed by atoms with Crippen molar-refractivity contribution < 1.29 is 9.59 Å². The maximum Gasteiger partial charge on any atom is 0.254 e. The Hall–Kier alpha value is -3.26. The molecule has 1 unspecified atom stereocenters. The third-order valence-corrected chi connectivity index (χ3v) is 8.23. The molecule has 0 radical (unpaired) electrons. The van der Waals surface area contributed by atoms with Crippen molar-refractivity contribution in [2.45, 2.75) is 65.5 Å². The molecular weight excluding hydrogens is 476 g/mol. The molecule has 204 valence electrons. The molecule has 0 spiro atoms. The van der Waals surface area contributed by atoms with Gasteiger partial charge in [-0.15, -0.1) is 0 Å². The fourth-order valence-corrected chi connectivity index (χ4v) is 5.96. The van der Waals surface area contributed by atoms with Crippen LogP contribution >= 0.6 is 0 Å². The van der Waals surface area contributed by atoms with E-state index in [0.717, 1.165) is 47.6 Å². The highest BCUT2D eigenvalue weighted by molar-refractivity contribution is 6.06. The van der Waals surface area contributed by atoms with Gasteiger partial charge in [0.2, 0.25) is 0 Å². The number of aliphatic imine (C=N–C) groups is 1. The number of hydrogen-bond donors (Lipinski definition) is 1. The smallest absolute Gasteiger partial charge is 0.254 e. The van der Waals surface area contributed by atoms with Gasteiger partial charge in [0.15, 0.2) is 0 Å². The summed E-state index contributed by atoms with van der Waals surface area (Å²) in [5.74, 6) is 0.00407. The Morgan fingerprint density at radius 1 is 1.11 bits per heavy atom. The Balaban J connectivity index is 1.65. The molecule has 2 aromatic rings. The second kappa shape index (κ2) is 11.6. The first-order valence-corrected chi connectivity index (χ1v) is 13.7. The maximum atomic E-state index is 13.6. The number of carbonyl (C=O) groups excluding carboxylic acids is 2. The van der Waals surface area contributed by atoms with Crippen molar-refractivity contribution in [2.24, 2.45) is 18.0 Å². The summed E-state index contributed by atoms with van der Waals surface area (Å²) in [5.41, 5.74) is 5.19. The topological polar surface area (TPSA) is 82.8 Å². The maximum absolute atomic E-state index is 13.6. The van der Waals surface area contributed by atoms with Gasteiger partial charge in [-0.25, -0.2) is 9.98 Å². The lowest BCUT2D eigenvalue weighted by molar-refractivity contribution is -0.120. The highest BCUT2D eigenvalue weighted by atomic mass is 16.2. The number of aromatic nitrogens is 2. The van der Waals surface area contributed by atoms with E-state index in [0.29, 0.717) is 23.4 Å². The molecule has 1 atom stereocenters. The molecule has 4 rings (SSSR count). The van der Waals surface area contributed by atoms with Crippen LogP contribution in [0, 0.1) is 12.8 Å². The molecule has 2 amide bonds. The highest BCUT2D eigenvalue weighted by Gasteiger charge is 2.29. The number of anilines is 1. The van der Waals surface area contributed by atoms with Crippen LogP contribution in [0.3, 0.4) is 0 Å². The van der Waals surface area contributed by atoms with E-state index in [1.807, 2.05) is 50.7 Å². The second-order valence-corrected chi connectivity index (χ2v) is 11.0. The molecule has 8 heteroatoms. The van der Waals surface area contributed by atoms with Gasteiger partial charge >= 0.3 is 0 Å². The van der Waals surface area contributed by atoms with Crippen molar-refractivity contribution in [1.82, 2.24) is 19.8 Å². The van der Waals surface area contributed by atoms with Crippen molar-refractivity contribution in [2.75, 3.05) is 32.1 Å². The molecule has 1 aliphatic carbocycles. The largest absolute Gasteiger partial charge is 0.369 e. The SMILES string of the molecule is CCN(c1cc(-c2nccn2C)cc(C(=O)NCC2C(=O)N=C(C)C=C2C)c1C)C1CCC(N(C)C)CC1. The minimum atomic E-state index is -0.431. The van der Waals surface area contributed by atoms with E-state index in [1.54, 1.807) is 6.20 Å². The molecule has 1 aromatic carbocycles. The number of imidazole rings is 1. The summed E-state index contributed by atoms with van der Waals surface area (Å²) in [6.07, 6.45) is 10.2. The number of allylic oxidation sites excluding steroid dienone is 1. The van der Waals surface area contributed by atoms with Gasteiger partial charge in [0.25, 0.3) is 11.8 Å². The summed E-state index contributed by atoms with van der Waals surface area (Å²) in [7, 11) is 6.30. The zero-order valence-electron chi connectivity index (χ0n) is 23.9. The van der Waals surface area contributed by atoms with Crippen LogP contribution < -0.4 is 10.2 Å². The van der Waals surface area contributed by atoms with Crippen molar-refractivity contribution in [3.63, 3.8) is 0 Å². The van der Waals surface area contributed by atoms with Crippen LogP contribution in [0.5, 0.6) is 0 Å². The Bertz CT molecular complexity index is 1250. The number of benzene rings is 1. The van der Waals surface area contributed by atoms with Gasteiger partial charge in [-0.1, -0.05) is 5.57 Å². The van der Waals surface area contributed by atoms with Crippen LogP contribution in [0.1, 0.15) is 62.4 Å². The van der Waals surface area contributed by atoms with Crippen LogP contribution in [-0.4, -0.2) is 71.2 Å². The van der Waals surface area contributed by atoms with Crippen LogP contribution in [-0.2, 0) is 11.8 Å². The molecular formula is C30H42N6O2. The molecule has 1 N–H and O–H groups in total. The lowest BCUT2D eigenvalue weighted by Crippen LogP contribution is -2.42. The molecule has 1 saturated carbocycles. The Morgan fingerprint density at radius 3 is 2.37 bits per heavy atom. The average Bonchev–Trinajstić information content (AvgIpc) is 3.30. The van der Waals surface area contributed by atoms with E-state index in [9.17, 15) is 9.59 Å². The summed E-state index contributed by atoms with van der Waals surface area (Å²) < 4.78 is 1.98. The third-order valence-electron chi connectivity index (χ3n) is 8.23. The first-order chi connectivity index (χ1) is 18.1. The van der Waals surface area contributed by atoms with Crippen LogP contribution in [0.4, 0.5) is 5.69 Å². The van der Waals surface area contributed by atoms with Gasteiger partial charge in [0.05, 0.1) is 5.92 Å². The molecule has 2 heterocycles. The Kier molecular flexibility index (Phi) is 8.51. The lowest BCUT2D eigenvalue weighted by atomic mass is 9.88. The summed E-state index contributed by atoms with van der Waals surface area (Å²) in [6, 6.07) is 5.17. The van der Waals surface area contributed by atoms with E-state index < -0.39 is 5.92 Å². The zero-order chi connectivity index (χ0) is 27.6. The molecule has 1 fully saturated rings. The first-order valence-electron chi connectivity index (χ1n) is 13.7. The minimum absolute atomic E-state index is 0.181. The lowest BCUT2D eigenvalue weighted by Gasteiger charge is -2.40.